The quantitative estimate of drug-likeness (QED) is 0.438. The maximum atomic E-state index is 11.8. The fourth-order valence-electron chi connectivity index (χ4n) is 2.20. The summed E-state index contributed by atoms with van der Waals surface area (Å²) in [4.78, 5) is 11.8. The van der Waals surface area contributed by atoms with E-state index in [2.05, 4.69) is 26.5 Å². The third-order valence-electron chi connectivity index (χ3n) is 3.44. The molecule has 3 aromatic carbocycles. The van der Waals surface area contributed by atoms with Crippen LogP contribution in [-0.4, -0.2) is 18.7 Å². The Balaban J connectivity index is 1.51. The Labute approximate surface area is 165 Å². The van der Waals surface area contributed by atoms with Gasteiger partial charge in [0, 0.05) is 0 Å². The number of amides is 1. The van der Waals surface area contributed by atoms with Gasteiger partial charge in [-0.2, -0.15) is 5.10 Å². The fourth-order valence-corrected chi connectivity index (χ4v) is 2.60. The van der Waals surface area contributed by atoms with E-state index < -0.39 is 0 Å². The molecule has 0 spiro atoms. The Kier molecular flexibility index (Phi) is 6.60. The zero-order valence-corrected chi connectivity index (χ0v) is 15.9. The summed E-state index contributed by atoms with van der Waals surface area (Å²) in [6.45, 7) is -0.128. The van der Waals surface area contributed by atoms with Crippen LogP contribution < -0.4 is 14.9 Å². The van der Waals surface area contributed by atoms with Crippen molar-refractivity contribution in [3.05, 3.63) is 88.9 Å². The van der Waals surface area contributed by atoms with Crippen LogP contribution in [0.4, 0.5) is 0 Å². The molecule has 136 valence electrons. The molecular weight excluding hydrogens is 408 g/mol. The molecule has 1 N–H and O–H groups in total. The van der Waals surface area contributed by atoms with Crippen LogP contribution in [0.3, 0.4) is 0 Å². The molecule has 0 saturated carbocycles. The summed E-state index contributed by atoms with van der Waals surface area (Å²) in [5, 5.41) is 3.95. The molecule has 0 fully saturated rings. The van der Waals surface area contributed by atoms with Crippen molar-refractivity contribution < 1.29 is 14.3 Å². The Morgan fingerprint density at radius 1 is 0.963 bits per heavy atom. The van der Waals surface area contributed by atoms with Gasteiger partial charge in [0.1, 0.15) is 17.2 Å². The van der Waals surface area contributed by atoms with E-state index >= 15 is 0 Å². The first-order valence-electron chi connectivity index (χ1n) is 8.23. The maximum Gasteiger partial charge on any atom is 0.277 e. The first kappa shape index (κ1) is 18.7. The summed E-state index contributed by atoms with van der Waals surface area (Å²) in [7, 11) is 0. The van der Waals surface area contributed by atoms with E-state index in [4.69, 9.17) is 9.47 Å². The second kappa shape index (κ2) is 9.54. The Morgan fingerprint density at radius 2 is 1.70 bits per heavy atom. The van der Waals surface area contributed by atoms with E-state index in [1.54, 1.807) is 12.3 Å². The summed E-state index contributed by atoms with van der Waals surface area (Å²) in [5.41, 5.74) is 3.24. The third-order valence-corrected chi connectivity index (χ3v) is 4.09. The van der Waals surface area contributed by atoms with E-state index in [9.17, 15) is 4.79 Å². The number of nitrogens with zero attached hydrogens (tertiary/aromatic N) is 1. The molecule has 0 radical (unpaired) electrons. The molecule has 0 atom stereocenters. The van der Waals surface area contributed by atoms with Crippen LogP contribution in [0.25, 0.3) is 0 Å². The molecule has 3 aromatic rings. The highest BCUT2D eigenvalue weighted by atomic mass is 79.9. The highest BCUT2D eigenvalue weighted by Gasteiger charge is 2.04. The molecule has 1 amide bonds. The third kappa shape index (κ3) is 5.97. The predicted molar refractivity (Wildman–Crippen MR) is 108 cm³/mol. The lowest BCUT2D eigenvalue weighted by molar-refractivity contribution is -0.123. The highest BCUT2D eigenvalue weighted by molar-refractivity contribution is 9.10. The van der Waals surface area contributed by atoms with E-state index in [0.29, 0.717) is 11.5 Å². The first-order valence-corrected chi connectivity index (χ1v) is 9.02. The standard InChI is InChI=1S/C21H17BrN2O3/c22-19-11-4-5-12-20(19)26-15-21(25)24-23-14-16-7-6-10-18(13-16)27-17-8-2-1-3-9-17/h1-14H,15H2,(H,24,25)/b23-14-. The molecule has 0 saturated heterocycles. The topological polar surface area (TPSA) is 59.9 Å². The van der Waals surface area contributed by atoms with Crippen molar-refractivity contribution in [1.82, 2.24) is 5.43 Å². The van der Waals surface area contributed by atoms with Gasteiger partial charge in [0.05, 0.1) is 10.7 Å². The number of hydrogen-bond donors (Lipinski definition) is 1. The lowest BCUT2D eigenvalue weighted by atomic mass is 10.2. The van der Waals surface area contributed by atoms with Crippen LogP contribution in [0.5, 0.6) is 17.2 Å². The molecule has 27 heavy (non-hydrogen) atoms. The van der Waals surface area contributed by atoms with E-state index in [-0.39, 0.29) is 12.5 Å². The number of hydrogen-bond acceptors (Lipinski definition) is 4. The minimum Gasteiger partial charge on any atom is -0.483 e. The van der Waals surface area contributed by atoms with Gasteiger partial charge >= 0.3 is 0 Å². The second-order valence-electron chi connectivity index (χ2n) is 5.50. The second-order valence-corrected chi connectivity index (χ2v) is 6.35. The molecule has 0 aliphatic carbocycles. The van der Waals surface area contributed by atoms with E-state index in [0.717, 1.165) is 15.8 Å². The van der Waals surface area contributed by atoms with Crippen LogP contribution in [0.1, 0.15) is 5.56 Å². The van der Waals surface area contributed by atoms with Gasteiger partial charge in [0.25, 0.3) is 5.91 Å². The van der Waals surface area contributed by atoms with Crippen molar-refractivity contribution in [2.24, 2.45) is 5.10 Å². The van der Waals surface area contributed by atoms with Crippen LogP contribution >= 0.6 is 15.9 Å². The lowest BCUT2D eigenvalue weighted by Gasteiger charge is -2.07. The average Bonchev–Trinajstić information content (AvgIpc) is 2.68. The smallest absolute Gasteiger partial charge is 0.277 e. The molecule has 3 rings (SSSR count). The van der Waals surface area contributed by atoms with Crippen molar-refractivity contribution in [2.75, 3.05) is 6.61 Å². The number of benzene rings is 3. The number of ether oxygens (including phenoxy) is 2. The number of halogens is 1. The normalized spacial score (nSPS) is 10.6. The number of para-hydroxylation sites is 2. The summed E-state index contributed by atoms with van der Waals surface area (Å²) in [6.07, 6.45) is 1.55. The summed E-state index contributed by atoms with van der Waals surface area (Å²) in [5.74, 6) is 1.69. The fraction of sp³-hybridized carbons (Fsp3) is 0.0476. The van der Waals surface area contributed by atoms with E-state index in [1.807, 2.05) is 72.8 Å². The molecular formula is C21H17BrN2O3. The lowest BCUT2D eigenvalue weighted by Crippen LogP contribution is -2.24. The van der Waals surface area contributed by atoms with Crippen LogP contribution in [0, 0.1) is 0 Å². The van der Waals surface area contributed by atoms with Gasteiger partial charge in [0.2, 0.25) is 0 Å². The van der Waals surface area contributed by atoms with Gasteiger partial charge in [-0.15, -0.1) is 0 Å². The van der Waals surface area contributed by atoms with Crippen LogP contribution in [0.15, 0.2) is 88.4 Å². The number of hydrazone groups is 1. The molecule has 5 nitrogen and oxygen atoms in total. The predicted octanol–water partition coefficient (Wildman–Crippen LogP) is 4.77. The SMILES string of the molecule is O=C(COc1ccccc1Br)N/N=C\c1cccc(Oc2ccccc2)c1. The zero-order chi connectivity index (χ0) is 18.9. The molecule has 0 aliphatic rings. The van der Waals surface area contributed by atoms with Gasteiger partial charge in [0.15, 0.2) is 6.61 Å². The largest absolute Gasteiger partial charge is 0.483 e. The van der Waals surface area contributed by atoms with Crippen LogP contribution in [-0.2, 0) is 4.79 Å². The molecule has 0 aliphatic heterocycles. The van der Waals surface area contributed by atoms with Gasteiger partial charge in [-0.3, -0.25) is 4.79 Å². The van der Waals surface area contributed by atoms with Crippen molar-refractivity contribution >= 4 is 28.1 Å². The molecule has 0 heterocycles. The Morgan fingerprint density at radius 3 is 2.52 bits per heavy atom. The summed E-state index contributed by atoms with van der Waals surface area (Å²) >= 11 is 3.36. The van der Waals surface area contributed by atoms with Gasteiger partial charge < -0.3 is 9.47 Å². The minimum absolute atomic E-state index is 0.128. The first-order chi connectivity index (χ1) is 13.2. The van der Waals surface area contributed by atoms with Gasteiger partial charge in [-0.05, 0) is 57.9 Å². The summed E-state index contributed by atoms with van der Waals surface area (Å²) < 4.78 is 12.0. The van der Waals surface area contributed by atoms with Gasteiger partial charge in [-0.1, -0.05) is 42.5 Å². The number of carbonyl (C=O) groups is 1. The molecule has 0 bridgehead atoms. The molecule has 6 heteroatoms. The Bertz CT molecular complexity index is 929. The van der Waals surface area contributed by atoms with Gasteiger partial charge in [-0.25, -0.2) is 5.43 Å². The van der Waals surface area contributed by atoms with Crippen molar-refractivity contribution in [2.45, 2.75) is 0 Å². The monoisotopic (exact) mass is 424 g/mol. The number of rotatable bonds is 7. The average molecular weight is 425 g/mol. The number of carbonyl (C=O) groups excluding carboxylic acids is 1. The highest BCUT2D eigenvalue weighted by Crippen LogP contribution is 2.23. The van der Waals surface area contributed by atoms with Crippen molar-refractivity contribution in [3.63, 3.8) is 0 Å². The molecule has 0 unspecified atom stereocenters. The number of nitrogens with one attached hydrogen (secondary N) is 1. The minimum atomic E-state index is -0.348. The van der Waals surface area contributed by atoms with Crippen LogP contribution in [0.2, 0.25) is 0 Å². The van der Waals surface area contributed by atoms with Crippen molar-refractivity contribution in [1.29, 1.82) is 0 Å². The maximum absolute atomic E-state index is 11.8. The van der Waals surface area contributed by atoms with Crippen molar-refractivity contribution in [3.8, 4) is 17.2 Å². The summed E-state index contributed by atoms with van der Waals surface area (Å²) in [6, 6.07) is 24.2. The zero-order valence-electron chi connectivity index (χ0n) is 14.3. The Hall–Kier alpha value is -3.12. The molecule has 0 aromatic heterocycles. The van der Waals surface area contributed by atoms with E-state index in [1.165, 1.54) is 0 Å².